The predicted molar refractivity (Wildman–Crippen MR) is 114 cm³/mol. The van der Waals surface area contributed by atoms with Gasteiger partial charge < -0.3 is 19.7 Å². The van der Waals surface area contributed by atoms with Gasteiger partial charge >= 0.3 is 0 Å². The van der Waals surface area contributed by atoms with E-state index in [1.54, 1.807) is 23.1 Å². The lowest BCUT2D eigenvalue weighted by Crippen LogP contribution is -2.36. The van der Waals surface area contributed by atoms with Crippen LogP contribution in [0.1, 0.15) is 52.8 Å². The molecule has 160 valence electrons. The molecule has 1 aliphatic rings. The molecule has 1 fully saturated rings. The second-order valence-corrected chi connectivity index (χ2v) is 7.65. The number of nitrogens with zero attached hydrogens (tertiary/aromatic N) is 2. The van der Waals surface area contributed by atoms with Gasteiger partial charge in [-0.25, -0.2) is 4.98 Å². The monoisotopic (exact) mass is 419 g/mol. The maximum Gasteiger partial charge on any atom is 0.275 e. The highest BCUT2D eigenvalue weighted by atomic mass is 16.3. The number of hydrogen-bond donors (Lipinski definition) is 2. The van der Waals surface area contributed by atoms with Crippen LogP contribution in [0.3, 0.4) is 0 Å². The number of amides is 2. The Morgan fingerprint density at radius 2 is 1.74 bits per heavy atom. The number of rotatable bonds is 6. The van der Waals surface area contributed by atoms with E-state index >= 15 is 0 Å². The molecule has 0 saturated carbocycles. The Bertz CT molecular complexity index is 1040. The lowest BCUT2D eigenvalue weighted by Gasteiger charge is -2.25. The summed E-state index contributed by atoms with van der Waals surface area (Å²) in [6.45, 7) is 1.41. The third-order valence-electron chi connectivity index (χ3n) is 5.39. The minimum Gasteiger partial charge on any atom is -0.508 e. The molecule has 0 bridgehead atoms. The first-order valence-corrected chi connectivity index (χ1v) is 10.5. The van der Waals surface area contributed by atoms with Gasteiger partial charge in [0.25, 0.3) is 5.91 Å². The van der Waals surface area contributed by atoms with Crippen LogP contribution < -0.4 is 5.32 Å². The second kappa shape index (κ2) is 9.47. The van der Waals surface area contributed by atoms with Gasteiger partial charge in [0.1, 0.15) is 18.1 Å². The normalized spacial score (nSPS) is 14.8. The molecule has 4 rings (SSSR count). The van der Waals surface area contributed by atoms with Gasteiger partial charge in [0.15, 0.2) is 5.69 Å². The summed E-state index contributed by atoms with van der Waals surface area (Å²) in [5.74, 6) is -0.263. The molecule has 0 aliphatic carbocycles. The number of phenolic OH excluding ortho intramolecular Hbond substituents is 1. The molecule has 0 spiro atoms. The quantitative estimate of drug-likeness (QED) is 0.638. The van der Waals surface area contributed by atoms with Crippen molar-refractivity contribution in [1.29, 1.82) is 0 Å². The summed E-state index contributed by atoms with van der Waals surface area (Å²) < 4.78 is 5.61. The van der Waals surface area contributed by atoms with E-state index in [1.807, 2.05) is 30.3 Å². The van der Waals surface area contributed by atoms with Crippen molar-refractivity contribution in [3.8, 4) is 5.75 Å². The van der Waals surface area contributed by atoms with Gasteiger partial charge in [-0.1, -0.05) is 48.5 Å². The number of carbonyl (C=O) groups excluding carboxylic acids is 2. The Labute approximate surface area is 180 Å². The number of phenols is 1. The molecule has 1 aliphatic heterocycles. The molecule has 7 heteroatoms. The number of aromatic hydroxyl groups is 1. The summed E-state index contributed by atoms with van der Waals surface area (Å²) >= 11 is 0. The summed E-state index contributed by atoms with van der Waals surface area (Å²) in [6.07, 6.45) is 4.57. The highest BCUT2D eigenvalue weighted by molar-refractivity contribution is 5.92. The zero-order chi connectivity index (χ0) is 21.6. The molecule has 2 aromatic carbocycles. The average Bonchev–Trinajstić information content (AvgIpc) is 3.29. The Balaban J connectivity index is 1.57. The van der Waals surface area contributed by atoms with Crippen LogP contribution in [0, 0.1) is 0 Å². The lowest BCUT2D eigenvalue weighted by atomic mass is 10.0. The highest BCUT2D eigenvalue weighted by Crippen LogP contribution is 2.29. The number of hydrogen-bond acceptors (Lipinski definition) is 5. The van der Waals surface area contributed by atoms with Crippen molar-refractivity contribution in [2.75, 3.05) is 13.1 Å². The van der Waals surface area contributed by atoms with E-state index in [-0.39, 0.29) is 35.6 Å². The van der Waals surface area contributed by atoms with Crippen LogP contribution in [0.5, 0.6) is 5.75 Å². The van der Waals surface area contributed by atoms with Crippen molar-refractivity contribution in [1.82, 2.24) is 15.2 Å². The van der Waals surface area contributed by atoms with Gasteiger partial charge in [0.05, 0.1) is 6.42 Å². The van der Waals surface area contributed by atoms with Crippen LogP contribution in [0.2, 0.25) is 0 Å². The van der Waals surface area contributed by atoms with Gasteiger partial charge in [0, 0.05) is 18.7 Å². The van der Waals surface area contributed by atoms with E-state index in [2.05, 4.69) is 10.3 Å². The molecule has 1 saturated heterocycles. The maximum atomic E-state index is 12.8. The minimum absolute atomic E-state index is 0.00891. The third kappa shape index (κ3) is 4.94. The van der Waals surface area contributed by atoms with Crippen LogP contribution in [0.4, 0.5) is 0 Å². The van der Waals surface area contributed by atoms with Crippen LogP contribution in [0.15, 0.2) is 65.3 Å². The van der Waals surface area contributed by atoms with E-state index in [9.17, 15) is 14.7 Å². The fraction of sp³-hybridized carbons (Fsp3) is 0.292. The largest absolute Gasteiger partial charge is 0.508 e. The average molecular weight is 419 g/mol. The standard InChI is InChI=1S/C24H25N3O4/c28-20-12-6-5-11-18(20)22(26-21(29)15-17-9-3-1-4-10-17)23-25-19(16-31-23)24(30)27-13-7-2-8-14-27/h1,3-6,9-12,16,22,28H,2,7-8,13-15H2,(H,26,29). The number of likely N-dealkylation sites (tertiary alicyclic amines) is 1. The third-order valence-corrected chi connectivity index (χ3v) is 5.39. The summed E-state index contributed by atoms with van der Waals surface area (Å²) in [6, 6.07) is 15.2. The fourth-order valence-electron chi connectivity index (χ4n) is 3.77. The van der Waals surface area contributed by atoms with Crippen molar-refractivity contribution in [2.45, 2.75) is 31.7 Å². The summed E-state index contributed by atoms with van der Waals surface area (Å²) in [4.78, 5) is 31.7. The van der Waals surface area contributed by atoms with E-state index in [1.165, 1.54) is 12.3 Å². The first-order valence-electron chi connectivity index (χ1n) is 10.5. The molecule has 2 heterocycles. The van der Waals surface area contributed by atoms with Crippen molar-refractivity contribution < 1.29 is 19.1 Å². The Kier molecular flexibility index (Phi) is 6.31. The highest BCUT2D eigenvalue weighted by Gasteiger charge is 2.27. The Morgan fingerprint density at radius 1 is 1.03 bits per heavy atom. The molecule has 1 aromatic heterocycles. The zero-order valence-corrected chi connectivity index (χ0v) is 17.2. The van der Waals surface area contributed by atoms with Crippen LogP contribution >= 0.6 is 0 Å². The first-order chi connectivity index (χ1) is 15.1. The van der Waals surface area contributed by atoms with Crippen molar-refractivity contribution in [3.63, 3.8) is 0 Å². The number of benzene rings is 2. The SMILES string of the molecule is O=C(Cc1ccccc1)NC(c1nc(C(=O)N2CCCCC2)co1)c1ccccc1O. The molecule has 1 unspecified atom stereocenters. The van der Waals surface area contributed by atoms with E-state index < -0.39 is 6.04 Å². The van der Waals surface area contributed by atoms with E-state index in [4.69, 9.17) is 4.42 Å². The maximum absolute atomic E-state index is 12.8. The number of para-hydroxylation sites is 1. The molecule has 7 nitrogen and oxygen atoms in total. The topological polar surface area (TPSA) is 95.7 Å². The zero-order valence-electron chi connectivity index (χ0n) is 17.2. The van der Waals surface area contributed by atoms with Gasteiger partial charge in [-0.05, 0) is 30.9 Å². The molecule has 0 radical (unpaired) electrons. The summed E-state index contributed by atoms with van der Waals surface area (Å²) in [5.41, 5.74) is 1.52. The van der Waals surface area contributed by atoms with Crippen molar-refractivity contribution >= 4 is 11.8 Å². The van der Waals surface area contributed by atoms with Crippen LogP contribution in [-0.2, 0) is 11.2 Å². The predicted octanol–water partition coefficient (Wildman–Crippen LogP) is 3.45. The molecule has 1 atom stereocenters. The number of carbonyl (C=O) groups is 2. The van der Waals surface area contributed by atoms with Gasteiger partial charge in [-0.2, -0.15) is 0 Å². The van der Waals surface area contributed by atoms with Crippen LogP contribution in [-0.4, -0.2) is 39.9 Å². The second-order valence-electron chi connectivity index (χ2n) is 7.65. The van der Waals surface area contributed by atoms with Crippen molar-refractivity contribution in [2.24, 2.45) is 0 Å². The number of nitrogens with one attached hydrogen (secondary N) is 1. The molecule has 3 aromatic rings. The summed E-state index contributed by atoms with van der Waals surface area (Å²) in [5, 5.41) is 13.3. The van der Waals surface area contributed by atoms with Crippen molar-refractivity contribution in [3.05, 3.63) is 83.6 Å². The molecule has 2 N–H and O–H groups in total. The van der Waals surface area contributed by atoms with Gasteiger partial charge in [-0.3, -0.25) is 9.59 Å². The van der Waals surface area contributed by atoms with Gasteiger partial charge in [0.2, 0.25) is 11.8 Å². The van der Waals surface area contributed by atoms with Gasteiger partial charge in [-0.15, -0.1) is 0 Å². The lowest BCUT2D eigenvalue weighted by molar-refractivity contribution is -0.121. The number of aromatic nitrogens is 1. The molecule has 31 heavy (non-hydrogen) atoms. The minimum atomic E-state index is -0.819. The number of piperidine rings is 1. The summed E-state index contributed by atoms with van der Waals surface area (Å²) in [7, 11) is 0. The fourth-order valence-corrected chi connectivity index (χ4v) is 3.77. The smallest absolute Gasteiger partial charge is 0.275 e. The number of oxazole rings is 1. The molecular weight excluding hydrogens is 394 g/mol. The molecule has 2 amide bonds. The Morgan fingerprint density at radius 3 is 2.48 bits per heavy atom. The van der Waals surface area contributed by atoms with E-state index in [0.29, 0.717) is 18.7 Å². The Hall–Kier alpha value is -3.61. The van der Waals surface area contributed by atoms with E-state index in [0.717, 1.165) is 24.8 Å². The molecular formula is C24H25N3O4. The first kappa shape index (κ1) is 20.7. The van der Waals surface area contributed by atoms with Crippen LogP contribution in [0.25, 0.3) is 0 Å².